The van der Waals surface area contributed by atoms with Crippen LogP contribution in [0.15, 0.2) is 48.6 Å². The fourth-order valence-electron chi connectivity index (χ4n) is 4.81. The van der Waals surface area contributed by atoms with E-state index in [1.54, 1.807) is 0 Å². The molecule has 3 N–H and O–H groups in total. The molecule has 0 aliphatic rings. The summed E-state index contributed by atoms with van der Waals surface area (Å²) in [6.45, 7) is 3.59. The highest BCUT2D eigenvalue weighted by molar-refractivity contribution is 7.47. The quantitative estimate of drug-likeness (QED) is 0.0285. The van der Waals surface area contributed by atoms with Crippen molar-refractivity contribution >= 4 is 19.8 Å². The summed E-state index contributed by atoms with van der Waals surface area (Å²) >= 11 is 0. The van der Waals surface area contributed by atoms with Crippen LogP contribution in [0.5, 0.6) is 0 Å². The van der Waals surface area contributed by atoms with Crippen LogP contribution >= 0.6 is 7.82 Å². The van der Waals surface area contributed by atoms with E-state index in [2.05, 4.69) is 62.5 Å². The standard InChI is InChI=1S/C39H70NO8P/c1-3-5-7-9-11-13-15-16-17-18-19-20-22-23-25-27-29-31-38(41)45-35-37(36-47-49(43,44)46-34-33-40)48-39(42)32-30-28-26-24-21-14-12-10-8-6-4-2/h10,12,16-17,19-20,23,25,37H,3-9,11,13-15,18,21-22,24,26-36,40H2,1-2H3,(H,43,44)/b12-10-,17-16-,20-19-,25-23-/t37-/m1/s1. The van der Waals surface area contributed by atoms with Crippen LogP contribution in [0.2, 0.25) is 0 Å². The molecule has 0 bridgehead atoms. The van der Waals surface area contributed by atoms with E-state index >= 15 is 0 Å². The second-order valence-corrected chi connectivity index (χ2v) is 13.9. The number of unbranched alkanes of at least 4 members (excludes halogenated alkanes) is 14. The molecule has 0 aliphatic carbocycles. The summed E-state index contributed by atoms with van der Waals surface area (Å²) in [5.41, 5.74) is 5.32. The fraction of sp³-hybridized carbons (Fsp3) is 0.744. The van der Waals surface area contributed by atoms with Crippen molar-refractivity contribution in [3.05, 3.63) is 48.6 Å². The zero-order valence-corrected chi connectivity index (χ0v) is 31.8. The van der Waals surface area contributed by atoms with Gasteiger partial charge in [0.15, 0.2) is 6.10 Å². The van der Waals surface area contributed by atoms with Gasteiger partial charge in [-0.05, 0) is 64.2 Å². The molecule has 0 amide bonds. The van der Waals surface area contributed by atoms with E-state index in [0.717, 1.165) is 64.2 Å². The number of carbonyl (C=O) groups excluding carboxylic acids is 2. The number of rotatable bonds is 35. The Morgan fingerprint density at radius 1 is 0.612 bits per heavy atom. The maximum Gasteiger partial charge on any atom is 0.472 e. The van der Waals surface area contributed by atoms with Crippen molar-refractivity contribution in [2.75, 3.05) is 26.4 Å². The van der Waals surface area contributed by atoms with Crippen molar-refractivity contribution in [2.45, 2.75) is 161 Å². The predicted octanol–water partition coefficient (Wildman–Crippen LogP) is 10.4. The van der Waals surface area contributed by atoms with E-state index in [1.165, 1.54) is 51.4 Å². The number of nitrogens with two attached hydrogens (primary N) is 1. The first kappa shape index (κ1) is 47.0. The summed E-state index contributed by atoms with van der Waals surface area (Å²) in [5, 5.41) is 0. The van der Waals surface area contributed by atoms with Gasteiger partial charge in [0.1, 0.15) is 6.61 Å². The van der Waals surface area contributed by atoms with Gasteiger partial charge < -0.3 is 20.1 Å². The minimum atomic E-state index is -4.38. The molecular weight excluding hydrogens is 641 g/mol. The Morgan fingerprint density at radius 3 is 1.71 bits per heavy atom. The topological polar surface area (TPSA) is 134 Å². The third-order valence-corrected chi connectivity index (χ3v) is 8.67. The lowest BCUT2D eigenvalue weighted by molar-refractivity contribution is -0.161. The molecule has 10 heteroatoms. The average molecular weight is 712 g/mol. The number of allylic oxidation sites excluding steroid dienone is 8. The number of ether oxygens (including phenoxy) is 2. The van der Waals surface area contributed by atoms with E-state index in [0.29, 0.717) is 12.8 Å². The number of hydrogen-bond donors (Lipinski definition) is 2. The molecule has 284 valence electrons. The summed E-state index contributed by atoms with van der Waals surface area (Å²) in [6, 6.07) is 0. The molecule has 0 rings (SSSR count). The molecule has 0 heterocycles. The number of phosphoric acid groups is 1. The molecule has 2 atom stereocenters. The number of hydrogen-bond acceptors (Lipinski definition) is 8. The van der Waals surface area contributed by atoms with Crippen LogP contribution < -0.4 is 5.73 Å². The molecule has 49 heavy (non-hydrogen) atoms. The van der Waals surface area contributed by atoms with Gasteiger partial charge in [-0.25, -0.2) is 4.57 Å². The minimum absolute atomic E-state index is 0.0441. The van der Waals surface area contributed by atoms with Crippen molar-refractivity contribution in [2.24, 2.45) is 5.73 Å². The van der Waals surface area contributed by atoms with Crippen LogP contribution in [-0.2, 0) is 32.7 Å². The molecule has 0 saturated carbocycles. The second kappa shape index (κ2) is 35.8. The highest BCUT2D eigenvalue weighted by Gasteiger charge is 2.25. The molecule has 0 aromatic carbocycles. The second-order valence-electron chi connectivity index (χ2n) is 12.4. The first-order valence-corrected chi connectivity index (χ1v) is 20.6. The maximum absolute atomic E-state index is 12.5. The lowest BCUT2D eigenvalue weighted by atomic mass is 10.1. The molecule has 0 aliphatic heterocycles. The van der Waals surface area contributed by atoms with Crippen LogP contribution in [0, 0.1) is 0 Å². The molecule has 0 aromatic rings. The first-order valence-electron chi connectivity index (χ1n) is 19.1. The molecular formula is C39H70NO8P. The number of phosphoric ester groups is 1. The van der Waals surface area contributed by atoms with Crippen LogP contribution in [0.1, 0.15) is 155 Å². The molecule has 0 saturated heterocycles. The van der Waals surface area contributed by atoms with Gasteiger partial charge in [0, 0.05) is 19.4 Å². The third kappa shape index (κ3) is 35.6. The predicted molar refractivity (Wildman–Crippen MR) is 201 cm³/mol. The summed E-state index contributed by atoms with van der Waals surface area (Å²) in [4.78, 5) is 34.6. The first-order chi connectivity index (χ1) is 23.8. The third-order valence-electron chi connectivity index (χ3n) is 7.69. The minimum Gasteiger partial charge on any atom is -0.462 e. The summed E-state index contributed by atoms with van der Waals surface area (Å²) in [6.07, 6.45) is 38.7. The summed E-state index contributed by atoms with van der Waals surface area (Å²) in [7, 11) is -4.38. The van der Waals surface area contributed by atoms with Gasteiger partial charge in [0.05, 0.1) is 13.2 Å². The monoisotopic (exact) mass is 711 g/mol. The van der Waals surface area contributed by atoms with E-state index in [4.69, 9.17) is 24.3 Å². The van der Waals surface area contributed by atoms with Crippen LogP contribution in [0.4, 0.5) is 0 Å². The highest BCUT2D eigenvalue weighted by atomic mass is 31.2. The number of carbonyl (C=O) groups is 2. The molecule has 0 radical (unpaired) electrons. The van der Waals surface area contributed by atoms with Crippen molar-refractivity contribution in [3.63, 3.8) is 0 Å². The zero-order chi connectivity index (χ0) is 36.1. The molecule has 0 aromatic heterocycles. The van der Waals surface area contributed by atoms with Crippen LogP contribution in [-0.4, -0.2) is 49.3 Å². The Bertz CT molecular complexity index is 949. The SMILES string of the molecule is CCCC/C=C\CCCCCCCC(=O)O[C@H](COC(=O)CCC/C=C\C/C=C\C/C=C\CCCCCCCC)COP(=O)(O)OCCN. The molecule has 0 fully saturated rings. The highest BCUT2D eigenvalue weighted by Crippen LogP contribution is 2.43. The van der Waals surface area contributed by atoms with Crippen LogP contribution in [0.3, 0.4) is 0 Å². The molecule has 9 nitrogen and oxygen atoms in total. The summed E-state index contributed by atoms with van der Waals surface area (Å²) < 4.78 is 32.5. The van der Waals surface area contributed by atoms with Crippen LogP contribution in [0.25, 0.3) is 0 Å². The van der Waals surface area contributed by atoms with E-state index < -0.39 is 32.5 Å². The van der Waals surface area contributed by atoms with E-state index in [-0.39, 0.29) is 32.6 Å². The molecule has 1 unspecified atom stereocenters. The van der Waals surface area contributed by atoms with Gasteiger partial charge in [-0.3, -0.25) is 18.6 Å². The smallest absolute Gasteiger partial charge is 0.462 e. The Morgan fingerprint density at radius 2 is 1.10 bits per heavy atom. The Labute approximate surface area is 298 Å². The normalized spacial score (nSPS) is 14.0. The summed E-state index contributed by atoms with van der Waals surface area (Å²) in [5.74, 6) is -0.906. The van der Waals surface area contributed by atoms with E-state index in [9.17, 15) is 19.0 Å². The molecule has 0 spiro atoms. The Balaban J connectivity index is 4.31. The van der Waals surface area contributed by atoms with Crippen molar-refractivity contribution in [3.8, 4) is 0 Å². The Hall–Kier alpha value is -2.03. The average Bonchev–Trinajstić information content (AvgIpc) is 3.08. The van der Waals surface area contributed by atoms with Crippen molar-refractivity contribution < 1.29 is 37.6 Å². The van der Waals surface area contributed by atoms with Gasteiger partial charge >= 0.3 is 19.8 Å². The van der Waals surface area contributed by atoms with Crippen molar-refractivity contribution in [1.29, 1.82) is 0 Å². The van der Waals surface area contributed by atoms with Gasteiger partial charge in [-0.15, -0.1) is 0 Å². The van der Waals surface area contributed by atoms with Gasteiger partial charge in [0.25, 0.3) is 0 Å². The van der Waals surface area contributed by atoms with Gasteiger partial charge in [0.2, 0.25) is 0 Å². The maximum atomic E-state index is 12.5. The lowest BCUT2D eigenvalue weighted by Gasteiger charge is -2.19. The van der Waals surface area contributed by atoms with Crippen molar-refractivity contribution in [1.82, 2.24) is 0 Å². The lowest BCUT2D eigenvalue weighted by Crippen LogP contribution is -2.29. The largest absolute Gasteiger partial charge is 0.472 e. The fourth-order valence-corrected chi connectivity index (χ4v) is 5.57. The van der Waals surface area contributed by atoms with E-state index in [1.807, 2.05) is 0 Å². The van der Waals surface area contributed by atoms with Gasteiger partial charge in [-0.1, -0.05) is 127 Å². The van der Waals surface area contributed by atoms with Gasteiger partial charge in [-0.2, -0.15) is 0 Å². The zero-order valence-electron chi connectivity index (χ0n) is 30.9. The Kier molecular flexibility index (Phi) is 34.3. The number of esters is 2.